The minimum Gasteiger partial charge on any atom is -0.367 e. The van der Waals surface area contributed by atoms with Crippen LogP contribution < -0.4 is 5.32 Å². The van der Waals surface area contributed by atoms with E-state index in [2.05, 4.69) is 15.3 Å². The summed E-state index contributed by atoms with van der Waals surface area (Å²) >= 11 is 0. The Bertz CT molecular complexity index is 685. The molecule has 0 radical (unpaired) electrons. The van der Waals surface area contributed by atoms with Gasteiger partial charge in [0, 0.05) is 30.4 Å². The second-order valence-corrected chi connectivity index (χ2v) is 6.26. The topological polar surface area (TPSA) is 58.1 Å². The lowest BCUT2D eigenvalue weighted by molar-refractivity contribution is -0.133. The Morgan fingerprint density at radius 3 is 2.64 bits per heavy atom. The van der Waals surface area contributed by atoms with Crippen LogP contribution in [0.1, 0.15) is 25.7 Å². The minimum atomic E-state index is 0.329. The zero-order valence-corrected chi connectivity index (χ0v) is 12.5. The predicted octanol–water partition coefficient (Wildman–Crippen LogP) is 2.44. The molecule has 22 heavy (non-hydrogen) atoms. The highest BCUT2D eigenvalue weighted by molar-refractivity contribution is 5.88. The molecule has 2 aromatic rings. The van der Waals surface area contributed by atoms with Crippen molar-refractivity contribution in [2.45, 2.75) is 31.7 Å². The lowest BCUT2D eigenvalue weighted by Crippen LogP contribution is -2.43. The molecule has 5 heteroatoms. The fraction of sp³-hybridized carbons (Fsp3) is 0.471. The van der Waals surface area contributed by atoms with Crippen molar-refractivity contribution in [3.63, 3.8) is 0 Å². The molecule has 0 unspecified atom stereocenters. The van der Waals surface area contributed by atoms with E-state index < -0.39 is 0 Å². The summed E-state index contributed by atoms with van der Waals surface area (Å²) in [4.78, 5) is 22.8. The van der Waals surface area contributed by atoms with Crippen LogP contribution in [0.4, 0.5) is 5.82 Å². The van der Waals surface area contributed by atoms with Gasteiger partial charge in [0.2, 0.25) is 5.91 Å². The molecule has 4 rings (SSSR count). The number of fused-ring (bicyclic) bond motifs is 1. The van der Waals surface area contributed by atoms with Crippen LogP contribution in [0.2, 0.25) is 0 Å². The van der Waals surface area contributed by atoms with Crippen LogP contribution in [-0.4, -0.2) is 39.9 Å². The number of piperidine rings is 1. The van der Waals surface area contributed by atoms with Crippen LogP contribution in [0, 0.1) is 5.92 Å². The van der Waals surface area contributed by atoms with Gasteiger partial charge in [0.1, 0.15) is 12.1 Å². The molecule has 0 bridgehead atoms. The molecule has 1 N–H and O–H groups in total. The number of nitrogens with zero attached hydrogens (tertiary/aromatic N) is 3. The number of para-hydroxylation sites is 1. The first-order chi connectivity index (χ1) is 10.8. The molecule has 2 heterocycles. The van der Waals surface area contributed by atoms with Crippen LogP contribution >= 0.6 is 0 Å². The SMILES string of the molecule is O=C(C1CC1)N1CCC(Nc2ncnc3ccccc23)CC1. The molecule has 0 atom stereocenters. The second kappa shape index (κ2) is 5.55. The van der Waals surface area contributed by atoms with Gasteiger partial charge in [-0.05, 0) is 37.8 Å². The Kier molecular flexibility index (Phi) is 3.41. The Morgan fingerprint density at radius 2 is 1.86 bits per heavy atom. The first-order valence-corrected chi connectivity index (χ1v) is 8.06. The zero-order valence-electron chi connectivity index (χ0n) is 12.5. The third kappa shape index (κ3) is 2.63. The molecule has 1 aromatic heterocycles. The summed E-state index contributed by atoms with van der Waals surface area (Å²) in [5.74, 6) is 1.60. The summed E-state index contributed by atoms with van der Waals surface area (Å²) in [6, 6.07) is 8.42. The van der Waals surface area contributed by atoms with E-state index in [0.717, 1.165) is 55.5 Å². The number of rotatable bonds is 3. The van der Waals surface area contributed by atoms with Gasteiger partial charge >= 0.3 is 0 Å². The molecule has 5 nitrogen and oxygen atoms in total. The lowest BCUT2D eigenvalue weighted by Gasteiger charge is -2.33. The number of aromatic nitrogens is 2. The standard InChI is InChI=1S/C17H20N4O/c22-17(12-5-6-12)21-9-7-13(8-10-21)20-16-14-3-1-2-4-15(14)18-11-19-16/h1-4,11-13H,5-10H2,(H,18,19,20). The van der Waals surface area contributed by atoms with Crippen LogP contribution in [0.3, 0.4) is 0 Å². The van der Waals surface area contributed by atoms with Gasteiger partial charge in [-0.3, -0.25) is 4.79 Å². The number of likely N-dealkylation sites (tertiary alicyclic amines) is 1. The number of amides is 1. The summed E-state index contributed by atoms with van der Waals surface area (Å²) < 4.78 is 0. The Labute approximate surface area is 129 Å². The number of benzene rings is 1. The second-order valence-electron chi connectivity index (χ2n) is 6.26. The van der Waals surface area contributed by atoms with Gasteiger partial charge in [-0.15, -0.1) is 0 Å². The molecule has 114 valence electrons. The molecule has 1 aromatic carbocycles. The quantitative estimate of drug-likeness (QED) is 0.945. The number of hydrogen-bond donors (Lipinski definition) is 1. The fourth-order valence-electron chi connectivity index (χ4n) is 3.15. The normalized spacial score (nSPS) is 19.4. The minimum absolute atomic E-state index is 0.329. The van der Waals surface area contributed by atoms with Crippen molar-refractivity contribution >= 4 is 22.6 Å². The fourth-order valence-corrected chi connectivity index (χ4v) is 3.15. The van der Waals surface area contributed by atoms with Crippen molar-refractivity contribution in [3.8, 4) is 0 Å². The molecule has 1 aliphatic heterocycles. The first kappa shape index (κ1) is 13.5. The Balaban J connectivity index is 1.42. The molecular formula is C17H20N4O. The van der Waals surface area contributed by atoms with Gasteiger partial charge < -0.3 is 10.2 Å². The molecule has 1 saturated carbocycles. The largest absolute Gasteiger partial charge is 0.367 e. The van der Waals surface area contributed by atoms with Crippen LogP contribution in [0.5, 0.6) is 0 Å². The number of anilines is 1. The van der Waals surface area contributed by atoms with E-state index >= 15 is 0 Å². The van der Waals surface area contributed by atoms with Crippen molar-refractivity contribution in [2.75, 3.05) is 18.4 Å². The molecule has 2 fully saturated rings. The number of carbonyl (C=O) groups is 1. The van der Waals surface area contributed by atoms with Gasteiger partial charge in [0.05, 0.1) is 5.52 Å². The number of nitrogens with one attached hydrogen (secondary N) is 1. The van der Waals surface area contributed by atoms with E-state index in [4.69, 9.17) is 0 Å². The van der Waals surface area contributed by atoms with Gasteiger partial charge in [-0.25, -0.2) is 9.97 Å². The van der Waals surface area contributed by atoms with Crippen LogP contribution in [-0.2, 0) is 4.79 Å². The van der Waals surface area contributed by atoms with Crippen molar-refractivity contribution in [3.05, 3.63) is 30.6 Å². The third-order valence-electron chi connectivity index (χ3n) is 4.62. The van der Waals surface area contributed by atoms with E-state index in [0.29, 0.717) is 17.9 Å². The summed E-state index contributed by atoms with van der Waals surface area (Å²) in [6.45, 7) is 1.71. The summed E-state index contributed by atoms with van der Waals surface area (Å²) in [6.07, 6.45) is 5.75. The van der Waals surface area contributed by atoms with E-state index in [1.165, 1.54) is 0 Å². The maximum absolute atomic E-state index is 12.1. The van der Waals surface area contributed by atoms with Crippen molar-refractivity contribution in [1.29, 1.82) is 0 Å². The monoisotopic (exact) mass is 296 g/mol. The zero-order chi connectivity index (χ0) is 14.9. The van der Waals surface area contributed by atoms with Crippen molar-refractivity contribution in [1.82, 2.24) is 14.9 Å². The summed E-state index contributed by atoms with van der Waals surface area (Å²) in [5, 5.41) is 4.60. The summed E-state index contributed by atoms with van der Waals surface area (Å²) in [7, 11) is 0. The highest BCUT2D eigenvalue weighted by Crippen LogP contribution is 2.32. The molecular weight excluding hydrogens is 276 g/mol. The summed E-state index contributed by atoms with van der Waals surface area (Å²) in [5.41, 5.74) is 0.960. The van der Waals surface area contributed by atoms with E-state index in [9.17, 15) is 4.79 Å². The van der Waals surface area contributed by atoms with Crippen LogP contribution in [0.25, 0.3) is 10.9 Å². The van der Waals surface area contributed by atoms with Gasteiger partial charge in [0.25, 0.3) is 0 Å². The molecule has 1 amide bonds. The maximum atomic E-state index is 12.1. The van der Waals surface area contributed by atoms with Crippen molar-refractivity contribution in [2.24, 2.45) is 5.92 Å². The third-order valence-corrected chi connectivity index (χ3v) is 4.62. The van der Waals surface area contributed by atoms with E-state index in [-0.39, 0.29) is 0 Å². The van der Waals surface area contributed by atoms with Crippen molar-refractivity contribution < 1.29 is 4.79 Å². The molecule has 1 saturated heterocycles. The number of hydrogen-bond acceptors (Lipinski definition) is 4. The Morgan fingerprint density at radius 1 is 1.09 bits per heavy atom. The van der Waals surface area contributed by atoms with E-state index in [1.54, 1.807) is 6.33 Å². The maximum Gasteiger partial charge on any atom is 0.225 e. The first-order valence-electron chi connectivity index (χ1n) is 8.06. The smallest absolute Gasteiger partial charge is 0.225 e. The molecule has 1 aliphatic carbocycles. The Hall–Kier alpha value is -2.17. The van der Waals surface area contributed by atoms with Crippen LogP contribution in [0.15, 0.2) is 30.6 Å². The van der Waals surface area contributed by atoms with Gasteiger partial charge in [-0.1, -0.05) is 12.1 Å². The van der Waals surface area contributed by atoms with E-state index in [1.807, 2.05) is 29.2 Å². The van der Waals surface area contributed by atoms with Gasteiger partial charge in [0.15, 0.2) is 0 Å². The van der Waals surface area contributed by atoms with Gasteiger partial charge in [-0.2, -0.15) is 0 Å². The number of carbonyl (C=O) groups excluding carboxylic acids is 1. The molecule has 0 spiro atoms. The predicted molar refractivity (Wildman–Crippen MR) is 85.5 cm³/mol. The average Bonchev–Trinajstić information content (AvgIpc) is 3.40. The average molecular weight is 296 g/mol. The highest BCUT2D eigenvalue weighted by Gasteiger charge is 2.34. The lowest BCUT2D eigenvalue weighted by atomic mass is 10.0. The highest BCUT2D eigenvalue weighted by atomic mass is 16.2. The molecule has 2 aliphatic rings.